The van der Waals surface area contributed by atoms with Crippen molar-refractivity contribution in [3.8, 4) is 0 Å². The summed E-state index contributed by atoms with van der Waals surface area (Å²) >= 11 is 5.10. The van der Waals surface area contributed by atoms with E-state index in [4.69, 9.17) is 17.3 Å². The Morgan fingerprint density at radius 1 is 1.39 bits per heavy atom. The predicted molar refractivity (Wildman–Crippen MR) is 76.7 cm³/mol. The number of nitrogens with one attached hydrogen (secondary N) is 2. The van der Waals surface area contributed by atoms with Gasteiger partial charge in [-0.2, -0.15) is 0 Å². The number of para-hydroxylation sites is 1. The first kappa shape index (κ1) is 14.4. The molecule has 0 amide bonds. The third-order valence-electron chi connectivity index (χ3n) is 2.48. The molecule has 0 bridgehead atoms. The average Bonchev–Trinajstić information content (AvgIpc) is 2.35. The standard InChI is InChI=1S/C13H18N2O2S/c1-2-3-9-11(12(16)17)15-13(18)14-10-7-5-4-6-8-10/h4-8,11H,2-3,9H2,1H3,(H,16,17)(H2,14,15,18)/t11-/m0/s1. The molecule has 1 aromatic carbocycles. The number of hydrogen-bond acceptors (Lipinski definition) is 2. The lowest BCUT2D eigenvalue weighted by Crippen LogP contribution is -2.42. The second kappa shape index (κ2) is 7.66. The SMILES string of the molecule is CCCC[C@H](NC(=S)Nc1ccccc1)C(=O)O. The Hall–Kier alpha value is -1.62. The monoisotopic (exact) mass is 266 g/mol. The molecule has 0 aliphatic rings. The van der Waals surface area contributed by atoms with Crippen LogP contribution in [-0.2, 0) is 4.79 Å². The van der Waals surface area contributed by atoms with Crippen LogP contribution < -0.4 is 10.6 Å². The van der Waals surface area contributed by atoms with Gasteiger partial charge in [0, 0.05) is 5.69 Å². The predicted octanol–water partition coefficient (Wildman–Crippen LogP) is 2.62. The van der Waals surface area contributed by atoms with E-state index in [0.717, 1.165) is 18.5 Å². The zero-order valence-electron chi connectivity index (χ0n) is 10.3. The second-order valence-electron chi connectivity index (χ2n) is 4.00. The second-order valence-corrected chi connectivity index (χ2v) is 4.41. The van der Waals surface area contributed by atoms with Crippen molar-refractivity contribution in [1.82, 2.24) is 5.32 Å². The van der Waals surface area contributed by atoms with Gasteiger partial charge in [-0.05, 0) is 30.8 Å². The van der Waals surface area contributed by atoms with Crippen LogP contribution in [0.3, 0.4) is 0 Å². The van der Waals surface area contributed by atoms with Gasteiger partial charge in [-0.3, -0.25) is 0 Å². The fraction of sp³-hybridized carbons (Fsp3) is 0.385. The van der Waals surface area contributed by atoms with Gasteiger partial charge in [-0.25, -0.2) is 4.79 Å². The van der Waals surface area contributed by atoms with Crippen LogP contribution in [0.25, 0.3) is 0 Å². The molecule has 0 radical (unpaired) electrons. The summed E-state index contributed by atoms with van der Waals surface area (Å²) in [5, 5.41) is 15.2. The minimum Gasteiger partial charge on any atom is -0.480 e. The van der Waals surface area contributed by atoms with E-state index in [9.17, 15) is 4.79 Å². The van der Waals surface area contributed by atoms with Crippen molar-refractivity contribution in [3.63, 3.8) is 0 Å². The number of anilines is 1. The number of carboxylic acids is 1. The molecule has 0 aliphatic carbocycles. The Labute approximate surface area is 112 Å². The average molecular weight is 266 g/mol. The summed E-state index contributed by atoms with van der Waals surface area (Å²) in [6.45, 7) is 2.03. The molecule has 4 nitrogen and oxygen atoms in total. The Balaban J connectivity index is 2.48. The first-order valence-electron chi connectivity index (χ1n) is 5.99. The number of hydrogen-bond donors (Lipinski definition) is 3. The highest BCUT2D eigenvalue weighted by Gasteiger charge is 2.17. The maximum absolute atomic E-state index is 11.0. The number of carboxylic acid groups (broad SMARTS) is 1. The number of benzene rings is 1. The third-order valence-corrected chi connectivity index (χ3v) is 2.70. The van der Waals surface area contributed by atoms with Crippen molar-refractivity contribution >= 4 is 29.0 Å². The zero-order valence-corrected chi connectivity index (χ0v) is 11.2. The summed E-state index contributed by atoms with van der Waals surface area (Å²) in [4.78, 5) is 11.0. The van der Waals surface area contributed by atoms with Gasteiger partial charge in [0.2, 0.25) is 0 Å². The maximum atomic E-state index is 11.0. The van der Waals surface area contributed by atoms with E-state index in [0.29, 0.717) is 11.5 Å². The lowest BCUT2D eigenvalue weighted by molar-refractivity contribution is -0.139. The van der Waals surface area contributed by atoms with Gasteiger partial charge in [-0.15, -0.1) is 0 Å². The van der Waals surface area contributed by atoms with Crippen LogP contribution in [0.15, 0.2) is 30.3 Å². The fourth-order valence-corrected chi connectivity index (χ4v) is 1.77. The number of carbonyl (C=O) groups is 1. The number of thiocarbonyl (C=S) groups is 1. The zero-order chi connectivity index (χ0) is 13.4. The molecule has 1 atom stereocenters. The highest BCUT2D eigenvalue weighted by Crippen LogP contribution is 2.06. The van der Waals surface area contributed by atoms with E-state index >= 15 is 0 Å². The Morgan fingerprint density at radius 3 is 2.61 bits per heavy atom. The summed E-state index contributed by atoms with van der Waals surface area (Å²) in [5.74, 6) is -0.874. The Kier molecular flexibility index (Phi) is 6.14. The van der Waals surface area contributed by atoms with Crippen LogP contribution >= 0.6 is 12.2 Å². The van der Waals surface area contributed by atoms with Crippen molar-refractivity contribution in [2.45, 2.75) is 32.2 Å². The maximum Gasteiger partial charge on any atom is 0.326 e. The minimum absolute atomic E-state index is 0.338. The van der Waals surface area contributed by atoms with Crippen molar-refractivity contribution in [1.29, 1.82) is 0 Å². The summed E-state index contributed by atoms with van der Waals surface area (Å²) in [5.41, 5.74) is 0.842. The molecule has 3 N–H and O–H groups in total. The molecule has 0 unspecified atom stereocenters. The molecular formula is C13H18N2O2S. The Morgan fingerprint density at radius 2 is 2.06 bits per heavy atom. The first-order valence-corrected chi connectivity index (χ1v) is 6.39. The van der Waals surface area contributed by atoms with Gasteiger partial charge >= 0.3 is 5.97 Å². The number of unbranched alkanes of at least 4 members (excludes halogenated alkanes) is 1. The van der Waals surface area contributed by atoms with E-state index in [1.54, 1.807) is 0 Å². The molecule has 5 heteroatoms. The quantitative estimate of drug-likeness (QED) is 0.691. The Bertz CT molecular complexity index is 395. The topological polar surface area (TPSA) is 61.4 Å². The van der Waals surface area contributed by atoms with Crippen LogP contribution in [0.1, 0.15) is 26.2 Å². The van der Waals surface area contributed by atoms with Crippen LogP contribution in [0, 0.1) is 0 Å². The van der Waals surface area contributed by atoms with Gasteiger partial charge in [0.15, 0.2) is 5.11 Å². The van der Waals surface area contributed by atoms with Crippen molar-refractivity contribution in [2.24, 2.45) is 0 Å². The van der Waals surface area contributed by atoms with Gasteiger partial charge in [0.1, 0.15) is 6.04 Å². The van der Waals surface area contributed by atoms with Gasteiger partial charge < -0.3 is 15.7 Å². The smallest absolute Gasteiger partial charge is 0.326 e. The number of aliphatic carboxylic acids is 1. The molecule has 0 aromatic heterocycles. The summed E-state index contributed by atoms with van der Waals surface area (Å²) in [6.07, 6.45) is 2.39. The summed E-state index contributed by atoms with van der Waals surface area (Å²) in [6, 6.07) is 8.79. The van der Waals surface area contributed by atoms with Gasteiger partial charge in [-0.1, -0.05) is 38.0 Å². The van der Waals surface area contributed by atoms with E-state index in [1.165, 1.54) is 0 Å². The fourth-order valence-electron chi connectivity index (χ4n) is 1.51. The van der Waals surface area contributed by atoms with Crippen molar-refractivity contribution < 1.29 is 9.90 Å². The molecule has 0 fully saturated rings. The molecule has 18 heavy (non-hydrogen) atoms. The molecule has 0 spiro atoms. The lowest BCUT2D eigenvalue weighted by atomic mass is 10.1. The first-order chi connectivity index (χ1) is 8.63. The largest absolute Gasteiger partial charge is 0.480 e. The highest BCUT2D eigenvalue weighted by atomic mass is 32.1. The molecule has 98 valence electrons. The molecule has 1 aromatic rings. The van der Waals surface area contributed by atoms with E-state index in [-0.39, 0.29) is 0 Å². The normalized spacial score (nSPS) is 11.6. The molecule has 0 heterocycles. The minimum atomic E-state index is -0.874. The lowest BCUT2D eigenvalue weighted by Gasteiger charge is -2.17. The van der Waals surface area contributed by atoms with Crippen molar-refractivity contribution in [2.75, 3.05) is 5.32 Å². The summed E-state index contributed by atoms with van der Waals surface area (Å²) < 4.78 is 0. The van der Waals surface area contributed by atoms with E-state index in [1.807, 2.05) is 37.3 Å². The molecule has 1 rings (SSSR count). The van der Waals surface area contributed by atoms with Crippen LogP contribution in [0.5, 0.6) is 0 Å². The van der Waals surface area contributed by atoms with E-state index in [2.05, 4.69) is 10.6 Å². The van der Waals surface area contributed by atoms with Crippen LogP contribution in [0.2, 0.25) is 0 Å². The van der Waals surface area contributed by atoms with Gasteiger partial charge in [0.05, 0.1) is 0 Å². The summed E-state index contributed by atoms with van der Waals surface area (Å²) in [7, 11) is 0. The molecule has 0 aliphatic heterocycles. The molecule has 0 saturated heterocycles. The third kappa shape index (κ3) is 5.14. The van der Waals surface area contributed by atoms with E-state index < -0.39 is 12.0 Å². The number of rotatable bonds is 6. The van der Waals surface area contributed by atoms with Crippen LogP contribution in [0.4, 0.5) is 5.69 Å². The van der Waals surface area contributed by atoms with Crippen molar-refractivity contribution in [3.05, 3.63) is 30.3 Å². The molecule has 0 saturated carbocycles. The molecular weight excluding hydrogens is 248 g/mol. The van der Waals surface area contributed by atoms with Gasteiger partial charge in [0.25, 0.3) is 0 Å². The highest BCUT2D eigenvalue weighted by molar-refractivity contribution is 7.80. The van der Waals surface area contributed by atoms with Crippen LogP contribution in [-0.4, -0.2) is 22.2 Å².